The highest BCUT2D eigenvalue weighted by Gasteiger charge is 2.56. The molecule has 2 N–H and O–H groups in total. The first-order chi connectivity index (χ1) is 10.7. The maximum atomic E-state index is 12.5. The molecule has 22 heavy (non-hydrogen) atoms. The molecule has 1 aromatic carbocycles. The minimum Gasteiger partial charge on any atom is -0.383 e. The van der Waals surface area contributed by atoms with Crippen LogP contribution in [-0.2, 0) is 11.2 Å². The molecular formula is C18H20N2O2. The van der Waals surface area contributed by atoms with Gasteiger partial charge in [-0.05, 0) is 43.6 Å². The van der Waals surface area contributed by atoms with Crippen LogP contribution in [0.15, 0.2) is 24.3 Å². The molecule has 1 amide bonds. The zero-order valence-electron chi connectivity index (χ0n) is 12.5. The Bertz CT molecular complexity index is 780. The van der Waals surface area contributed by atoms with Crippen molar-refractivity contribution < 1.29 is 9.90 Å². The van der Waals surface area contributed by atoms with Gasteiger partial charge in [0.25, 0.3) is 5.91 Å². The lowest BCUT2D eigenvalue weighted by atomic mass is 9.59. The number of aliphatic hydroxyl groups is 1. The minimum atomic E-state index is -0.802. The molecule has 5 rings (SSSR count). The summed E-state index contributed by atoms with van der Waals surface area (Å²) in [6.07, 6.45) is 4.10. The molecule has 3 unspecified atom stereocenters. The lowest BCUT2D eigenvalue weighted by molar-refractivity contribution is -0.166. The van der Waals surface area contributed by atoms with E-state index in [1.165, 1.54) is 22.2 Å². The van der Waals surface area contributed by atoms with Gasteiger partial charge in [0, 0.05) is 28.7 Å². The van der Waals surface area contributed by atoms with Crippen molar-refractivity contribution in [1.29, 1.82) is 0 Å². The van der Waals surface area contributed by atoms with E-state index >= 15 is 0 Å². The van der Waals surface area contributed by atoms with Crippen LogP contribution < -0.4 is 0 Å². The molecule has 0 radical (unpaired) electrons. The maximum absolute atomic E-state index is 12.5. The number of nitrogens with zero attached hydrogens (tertiary/aromatic N) is 1. The number of hydrogen-bond acceptors (Lipinski definition) is 2. The number of para-hydroxylation sites is 1. The van der Waals surface area contributed by atoms with Crippen LogP contribution in [0.3, 0.4) is 0 Å². The van der Waals surface area contributed by atoms with E-state index in [1.807, 2.05) is 4.90 Å². The summed E-state index contributed by atoms with van der Waals surface area (Å²) in [7, 11) is 0. The molecule has 2 saturated heterocycles. The fourth-order valence-corrected chi connectivity index (χ4v) is 5.24. The number of aromatic nitrogens is 1. The van der Waals surface area contributed by atoms with Crippen molar-refractivity contribution in [2.45, 2.75) is 44.2 Å². The summed E-state index contributed by atoms with van der Waals surface area (Å²) < 4.78 is 0. The molecule has 4 heteroatoms. The van der Waals surface area contributed by atoms with Crippen LogP contribution in [0.1, 0.15) is 43.0 Å². The number of hydrogen-bond donors (Lipinski definition) is 2. The number of rotatable bonds is 0. The highest BCUT2D eigenvalue weighted by molar-refractivity contribution is 5.88. The molecule has 1 aliphatic carbocycles. The number of carbonyl (C=O) groups excluding carboxylic acids is 1. The van der Waals surface area contributed by atoms with Crippen molar-refractivity contribution in [1.82, 2.24) is 9.88 Å². The number of H-pyrrole nitrogens is 1. The van der Waals surface area contributed by atoms with E-state index in [9.17, 15) is 9.90 Å². The third kappa shape index (κ3) is 1.44. The van der Waals surface area contributed by atoms with E-state index in [0.717, 1.165) is 32.2 Å². The van der Waals surface area contributed by atoms with Crippen molar-refractivity contribution >= 4 is 16.8 Å². The van der Waals surface area contributed by atoms with E-state index < -0.39 is 6.10 Å². The van der Waals surface area contributed by atoms with Crippen molar-refractivity contribution in [2.24, 2.45) is 5.41 Å². The van der Waals surface area contributed by atoms with Crippen molar-refractivity contribution in [3.8, 4) is 0 Å². The fraction of sp³-hybridized carbons (Fsp3) is 0.500. The first-order valence-electron chi connectivity index (χ1n) is 8.28. The molecule has 2 aromatic rings. The first-order valence-corrected chi connectivity index (χ1v) is 8.28. The van der Waals surface area contributed by atoms with Gasteiger partial charge in [-0.15, -0.1) is 0 Å². The van der Waals surface area contributed by atoms with Gasteiger partial charge in [-0.1, -0.05) is 18.2 Å². The number of amides is 1. The van der Waals surface area contributed by atoms with Gasteiger partial charge in [0.1, 0.15) is 6.10 Å². The van der Waals surface area contributed by atoms with Crippen LogP contribution in [-0.4, -0.2) is 33.5 Å². The van der Waals surface area contributed by atoms with Gasteiger partial charge in [0.05, 0.1) is 6.04 Å². The van der Waals surface area contributed by atoms with Crippen LogP contribution in [0.4, 0.5) is 0 Å². The van der Waals surface area contributed by atoms with Gasteiger partial charge >= 0.3 is 0 Å². The number of aryl methyl sites for hydroxylation is 1. The monoisotopic (exact) mass is 296 g/mol. The van der Waals surface area contributed by atoms with E-state index in [2.05, 4.69) is 29.2 Å². The highest BCUT2D eigenvalue weighted by Crippen LogP contribution is 2.58. The summed E-state index contributed by atoms with van der Waals surface area (Å²) in [6, 6.07) is 8.55. The molecule has 0 saturated carbocycles. The Morgan fingerprint density at radius 1 is 1.27 bits per heavy atom. The summed E-state index contributed by atoms with van der Waals surface area (Å²) in [5, 5.41) is 11.5. The lowest BCUT2D eigenvalue weighted by Gasteiger charge is -2.57. The molecular weight excluding hydrogens is 276 g/mol. The van der Waals surface area contributed by atoms with Crippen LogP contribution in [0, 0.1) is 5.41 Å². The highest BCUT2D eigenvalue weighted by atomic mass is 16.3. The fourth-order valence-electron chi connectivity index (χ4n) is 5.24. The van der Waals surface area contributed by atoms with Crippen LogP contribution in [0.5, 0.6) is 0 Å². The number of carbonyl (C=O) groups is 1. The lowest BCUT2D eigenvalue weighted by Crippen LogP contribution is -2.59. The molecule has 2 bridgehead atoms. The zero-order chi connectivity index (χ0) is 14.9. The second kappa shape index (κ2) is 4.13. The molecule has 4 nitrogen and oxygen atoms in total. The molecule has 2 aliphatic heterocycles. The summed E-state index contributed by atoms with van der Waals surface area (Å²) in [6.45, 7) is 0.779. The van der Waals surface area contributed by atoms with E-state index in [1.54, 1.807) is 0 Å². The Morgan fingerprint density at radius 3 is 3.05 bits per heavy atom. The standard InChI is InChI=1S/C18H20N2O2/c21-14-10-18-7-3-9-20(17(14)22)16(18)15-11-4-1-2-5-12(11)19-13(15)6-8-18/h1-2,4-5,14,16,19,21H,3,6-10H2. The van der Waals surface area contributed by atoms with Gasteiger partial charge < -0.3 is 15.0 Å². The molecule has 0 spiro atoms. The van der Waals surface area contributed by atoms with Crippen LogP contribution in [0.2, 0.25) is 0 Å². The Labute approximate surface area is 129 Å². The predicted octanol–water partition coefficient (Wildman–Crippen LogP) is 2.53. The largest absolute Gasteiger partial charge is 0.383 e. The molecule has 114 valence electrons. The van der Waals surface area contributed by atoms with Gasteiger partial charge in [-0.25, -0.2) is 0 Å². The number of benzene rings is 1. The Hall–Kier alpha value is -1.81. The number of piperidine rings is 2. The van der Waals surface area contributed by atoms with E-state index in [-0.39, 0.29) is 17.4 Å². The van der Waals surface area contributed by atoms with Gasteiger partial charge in [-0.3, -0.25) is 4.79 Å². The molecule has 2 fully saturated rings. The zero-order valence-corrected chi connectivity index (χ0v) is 12.5. The van der Waals surface area contributed by atoms with Crippen LogP contribution >= 0.6 is 0 Å². The summed E-state index contributed by atoms with van der Waals surface area (Å²) in [5.74, 6) is -0.0709. The summed E-state index contributed by atoms with van der Waals surface area (Å²) in [4.78, 5) is 18.0. The second-order valence-electron chi connectivity index (χ2n) is 7.18. The number of aromatic amines is 1. The number of fused-ring (bicyclic) bond motifs is 3. The van der Waals surface area contributed by atoms with Crippen molar-refractivity contribution in [3.63, 3.8) is 0 Å². The minimum absolute atomic E-state index is 0.0709. The number of nitrogens with one attached hydrogen (secondary N) is 1. The smallest absolute Gasteiger partial charge is 0.251 e. The van der Waals surface area contributed by atoms with Gasteiger partial charge in [0.15, 0.2) is 0 Å². The average Bonchev–Trinajstić information content (AvgIpc) is 2.91. The average molecular weight is 296 g/mol. The van der Waals surface area contributed by atoms with Crippen LogP contribution in [0.25, 0.3) is 10.9 Å². The second-order valence-corrected chi connectivity index (χ2v) is 7.18. The third-order valence-corrected chi connectivity index (χ3v) is 6.11. The normalized spacial score (nSPS) is 33.7. The van der Waals surface area contributed by atoms with Crippen molar-refractivity contribution in [3.05, 3.63) is 35.5 Å². The van der Waals surface area contributed by atoms with Crippen molar-refractivity contribution in [2.75, 3.05) is 6.54 Å². The Morgan fingerprint density at radius 2 is 2.14 bits per heavy atom. The molecule has 3 aliphatic rings. The van der Waals surface area contributed by atoms with Gasteiger partial charge in [-0.2, -0.15) is 0 Å². The number of aliphatic hydroxyl groups excluding tert-OH is 1. The summed E-state index contributed by atoms with van der Waals surface area (Å²) >= 11 is 0. The molecule has 1 aromatic heterocycles. The van der Waals surface area contributed by atoms with E-state index in [4.69, 9.17) is 0 Å². The van der Waals surface area contributed by atoms with E-state index in [0.29, 0.717) is 6.42 Å². The van der Waals surface area contributed by atoms with Gasteiger partial charge in [0.2, 0.25) is 0 Å². The SMILES string of the molecule is O=C1C(O)CC23CCCN1C2c1c([nH]c2ccccc12)CC3. The molecule has 3 atom stereocenters. The first kappa shape index (κ1) is 12.7. The molecule has 3 heterocycles. The topological polar surface area (TPSA) is 56.3 Å². The Balaban J connectivity index is 1.77. The third-order valence-electron chi connectivity index (χ3n) is 6.11. The maximum Gasteiger partial charge on any atom is 0.251 e. The predicted molar refractivity (Wildman–Crippen MR) is 83.4 cm³/mol. The summed E-state index contributed by atoms with van der Waals surface area (Å²) in [5.41, 5.74) is 3.85. The Kier molecular flexibility index (Phi) is 2.39. The quantitative estimate of drug-likeness (QED) is 0.785.